The van der Waals surface area contributed by atoms with E-state index >= 15 is 0 Å². The molecule has 0 unspecified atom stereocenters. The number of rotatable bonds is 9. The summed E-state index contributed by atoms with van der Waals surface area (Å²) in [6.45, 7) is 2.38. The van der Waals surface area contributed by atoms with Gasteiger partial charge in [-0.15, -0.1) is 0 Å². The Labute approximate surface area is 165 Å². The molecule has 2 rings (SSSR count). The maximum Gasteiger partial charge on any atom is 0.259 e. The van der Waals surface area contributed by atoms with Crippen molar-refractivity contribution in [2.45, 2.75) is 6.92 Å². The SMILES string of the molecule is CCOc1cccc(/C=C/C(=O)c2ccc(OCC(=O)N(C)C)cc2)c1OC. The number of methoxy groups -OCH3 is 1. The zero-order valence-electron chi connectivity index (χ0n) is 16.6. The molecule has 0 aliphatic rings. The summed E-state index contributed by atoms with van der Waals surface area (Å²) in [5, 5.41) is 0. The van der Waals surface area contributed by atoms with E-state index in [9.17, 15) is 9.59 Å². The summed E-state index contributed by atoms with van der Waals surface area (Å²) in [4.78, 5) is 25.4. The second-order valence-corrected chi connectivity index (χ2v) is 6.11. The Morgan fingerprint density at radius 2 is 1.75 bits per heavy atom. The molecule has 0 fully saturated rings. The lowest BCUT2D eigenvalue weighted by Gasteiger charge is -2.11. The monoisotopic (exact) mass is 383 g/mol. The van der Waals surface area contributed by atoms with Gasteiger partial charge in [-0.05, 0) is 49.4 Å². The number of amides is 1. The molecule has 2 aromatic rings. The highest BCUT2D eigenvalue weighted by molar-refractivity contribution is 6.07. The normalized spacial score (nSPS) is 10.6. The van der Waals surface area contributed by atoms with E-state index in [-0.39, 0.29) is 18.3 Å². The number of likely N-dealkylation sites (N-methyl/N-ethyl adjacent to an activating group) is 1. The topological polar surface area (TPSA) is 65.1 Å². The third-order valence-corrected chi connectivity index (χ3v) is 3.93. The fraction of sp³-hybridized carbons (Fsp3) is 0.273. The summed E-state index contributed by atoms with van der Waals surface area (Å²) in [6, 6.07) is 12.2. The van der Waals surface area contributed by atoms with Crippen LogP contribution in [0, 0.1) is 0 Å². The van der Waals surface area contributed by atoms with Crippen LogP contribution in [0.3, 0.4) is 0 Å². The molecule has 0 N–H and O–H groups in total. The van der Waals surface area contributed by atoms with Gasteiger partial charge in [0.1, 0.15) is 5.75 Å². The molecular formula is C22H25NO5. The molecule has 0 saturated carbocycles. The number of nitrogens with zero attached hydrogens (tertiary/aromatic N) is 1. The minimum absolute atomic E-state index is 0.0455. The van der Waals surface area contributed by atoms with E-state index in [1.165, 1.54) is 11.0 Å². The van der Waals surface area contributed by atoms with Crippen molar-refractivity contribution in [3.8, 4) is 17.2 Å². The minimum atomic E-state index is -0.153. The summed E-state index contributed by atoms with van der Waals surface area (Å²) in [7, 11) is 4.90. The number of ketones is 1. The Hall–Kier alpha value is -3.28. The number of carbonyl (C=O) groups excluding carboxylic acids is 2. The fourth-order valence-electron chi connectivity index (χ4n) is 2.40. The zero-order valence-corrected chi connectivity index (χ0v) is 16.6. The molecule has 0 aliphatic carbocycles. The van der Waals surface area contributed by atoms with Gasteiger partial charge in [-0.25, -0.2) is 0 Å². The van der Waals surface area contributed by atoms with Crippen LogP contribution in [0.4, 0.5) is 0 Å². The molecule has 0 bridgehead atoms. The van der Waals surface area contributed by atoms with Crippen LogP contribution >= 0.6 is 0 Å². The Bertz CT molecular complexity index is 841. The number of allylic oxidation sites excluding steroid dienone is 1. The van der Waals surface area contributed by atoms with Crippen molar-refractivity contribution in [3.63, 3.8) is 0 Å². The van der Waals surface area contributed by atoms with Gasteiger partial charge in [0.05, 0.1) is 13.7 Å². The highest BCUT2D eigenvalue weighted by atomic mass is 16.5. The summed E-state index contributed by atoms with van der Waals surface area (Å²) >= 11 is 0. The molecule has 0 radical (unpaired) electrons. The summed E-state index contributed by atoms with van der Waals surface area (Å²) in [5.74, 6) is 1.46. The zero-order chi connectivity index (χ0) is 20.5. The van der Waals surface area contributed by atoms with Gasteiger partial charge in [0.15, 0.2) is 23.9 Å². The Kier molecular flexibility index (Phi) is 7.63. The predicted molar refractivity (Wildman–Crippen MR) is 108 cm³/mol. The van der Waals surface area contributed by atoms with Crippen molar-refractivity contribution in [1.29, 1.82) is 0 Å². The Morgan fingerprint density at radius 1 is 1.04 bits per heavy atom. The largest absolute Gasteiger partial charge is 0.492 e. The maximum absolute atomic E-state index is 12.4. The number of hydrogen-bond donors (Lipinski definition) is 0. The van der Waals surface area contributed by atoms with Crippen LogP contribution in [-0.2, 0) is 4.79 Å². The van der Waals surface area contributed by atoms with Gasteiger partial charge in [0.25, 0.3) is 5.91 Å². The first-order valence-electron chi connectivity index (χ1n) is 8.91. The molecule has 6 heteroatoms. The molecule has 0 heterocycles. The van der Waals surface area contributed by atoms with Crippen LogP contribution in [0.15, 0.2) is 48.5 Å². The van der Waals surface area contributed by atoms with E-state index in [1.54, 1.807) is 51.5 Å². The number of hydrogen-bond acceptors (Lipinski definition) is 5. The van der Waals surface area contributed by atoms with Crippen molar-refractivity contribution in [1.82, 2.24) is 4.90 Å². The fourth-order valence-corrected chi connectivity index (χ4v) is 2.40. The average molecular weight is 383 g/mol. The average Bonchev–Trinajstić information content (AvgIpc) is 2.70. The van der Waals surface area contributed by atoms with Gasteiger partial charge >= 0.3 is 0 Å². The van der Waals surface area contributed by atoms with Crippen molar-refractivity contribution in [2.75, 3.05) is 34.4 Å². The van der Waals surface area contributed by atoms with E-state index in [0.29, 0.717) is 29.4 Å². The van der Waals surface area contributed by atoms with Gasteiger partial charge in [-0.1, -0.05) is 12.1 Å². The van der Waals surface area contributed by atoms with E-state index in [2.05, 4.69) is 0 Å². The van der Waals surface area contributed by atoms with Crippen LogP contribution in [0.1, 0.15) is 22.8 Å². The quantitative estimate of drug-likeness (QED) is 0.490. The summed E-state index contributed by atoms with van der Waals surface area (Å²) < 4.78 is 16.4. The summed E-state index contributed by atoms with van der Waals surface area (Å²) in [6.07, 6.45) is 3.18. The smallest absolute Gasteiger partial charge is 0.259 e. The standard InChI is InChI=1S/C22H25NO5/c1-5-27-20-8-6-7-17(22(20)26-4)11-14-19(24)16-9-12-18(13-10-16)28-15-21(25)23(2)3/h6-14H,5,15H2,1-4H3/b14-11+. The predicted octanol–water partition coefficient (Wildman–Crippen LogP) is 3.46. The third kappa shape index (κ3) is 5.61. The molecule has 0 saturated heterocycles. The molecule has 0 spiro atoms. The highest BCUT2D eigenvalue weighted by Gasteiger charge is 2.09. The third-order valence-electron chi connectivity index (χ3n) is 3.93. The van der Waals surface area contributed by atoms with Gasteiger partial charge in [-0.3, -0.25) is 9.59 Å². The van der Waals surface area contributed by atoms with Crippen LogP contribution in [0.25, 0.3) is 6.08 Å². The number of benzene rings is 2. The summed E-state index contributed by atoms with van der Waals surface area (Å²) in [5.41, 5.74) is 1.27. The molecule has 28 heavy (non-hydrogen) atoms. The first-order chi connectivity index (χ1) is 13.5. The Morgan fingerprint density at radius 3 is 2.36 bits per heavy atom. The Balaban J connectivity index is 2.07. The van der Waals surface area contributed by atoms with Crippen molar-refractivity contribution in [3.05, 3.63) is 59.7 Å². The molecule has 0 aromatic heterocycles. The van der Waals surface area contributed by atoms with Gasteiger partial charge in [0.2, 0.25) is 0 Å². The molecule has 2 aromatic carbocycles. The van der Waals surface area contributed by atoms with E-state index in [1.807, 2.05) is 25.1 Å². The van der Waals surface area contributed by atoms with E-state index in [0.717, 1.165) is 5.56 Å². The van der Waals surface area contributed by atoms with Gasteiger partial charge < -0.3 is 19.1 Å². The maximum atomic E-state index is 12.4. The molecule has 148 valence electrons. The van der Waals surface area contributed by atoms with E-state index in [4.69, 9.17) is 14.2 Å². The number of carbonyl (C=O) groups is 2. The lowest BCUT2D eigenvalue weighted by molar-refractivity contribution is -0.130. The minimum Gasteiger partial charge on any atom is -0.492 e. The van der Waals surface area contributed by atoms with Crippen LogP contribution in [0.5, 0.6) is 17.2 Å². The molecule has 1 amide bonds. The second-order valence-electron chi connectivity index (χ2n) is 6.11. The van der Waals surface area contributed by atoms with Crippen molar-refractivity contribution >= 4 is 17.8 Å². The lowest BCUT2D eigenvalue weighted by Crippen LogP contribution is -2.27. The van der Waals surface area contributed by atoms with Crippen LogP contribution in [-0.4, -0.2) is 51.0 Å². The van der Waals surface area contributed by atoms with E-state index < -0.39 is 0 Å². The lowest BCUT2D eigenvalue weighted by atomic mass is 10.1. The van der Waals surface area contributed by atoms with Gasteiger partial charge in [0, 0.05) is 25.2 Å². The van der Waals surface area contributed by atoms with Crippen molar-refractivity contribution < 1.29 is 23.8 Å². The van der Waals surface area contributed by atoms with Crippen LogP contribution in [0.2, 0.25) is 0 Å². The van der Waals surface area contributed by atoms with Gasteiger partial charge in [-0.2, -0.15) is 0 Å². The first-order valence-corrected chi connectivity index (χ1v) is 8.91. The highest BCUT2D eigenvalue weighted by Crippen LogP contribution is 2.32. The first kappa shape index (κ1) is 21.0. The molecular weight excluding hydrogens is 358 g/mol. The second kappa shape index (κ2) is 10.2. The molecule has 6 nitrogen and oxygen atoms in total. The molecule has 0 atom stereocenters. The number of ether oxygens (including phenoxy) is 3. The van der Waals surface area contributed by atoms with Crippen molar-refractivity contribution in [2.24, 2.45) is 0 Å². The number of para-hydroxylation sites is 1. The van der Waals surface area contributed by atoms with Crippen LogP contribution < -0.4 is 14.2 Å². The molecule has 0 aliphatic heterocycles.